The number of amides is 1. The SMILES string of the molecule is COc1ccc(CC(=O)N/N=C\c2cc(Br)cc(Br)c2OC)cc1. The summed E-state index contributed by atoms with van der Waals surface area (Å²) >= 11 is 6.83. The Hall–Kier alpha value is -1.86. The van der Waals surface area contributed by atoms with Crippen LogP contribution in [0.4, 0.5) is 0 Å². The molecule has 2 rings (SSSR count). The number of nitrogens with one attached hydrogen (secondary N) is 1. The fourth-order valence-corrected chi connectivity index (χ4v) is 3.45. The summed E-state index contributed by atoms with van der Waals surface area (Å²) in [6, 6.07) is 11.0. The lowest BCUT2D eigenvalue weighted by atomic mass is 10.1. The van der Waals surface area contributed by atoms with Crippen molar-refractivity contribution in [2.24, 2.45) is 5.10 Å². The molecule has 0 unspecified atom stereocenters. The van der Waals surface area contributed by atoms with Crippen molar-refractivity contribution >= 4 is 44.0 Å². The minimum absolute atomic E-state index is 0.204. The lowest BCUT2D eigenvalue weighted by Gasteiger charge is -2.08. The van der Waals surface area contributed by atoms with Crippen LogP contribution in [0.5, 0.6) is 11.5 Å². The van der Waals surface area contributed by atoms with E-state index >= 15 is 0 Å². The number of ether oxygens (including phenoxy) is 2. The zero-order chi connectivity index (χ0) is 17.5. The maximum absolute atomic E-state index is 11.9. The molecular weight excluding hydrogens is 440 g/mol. The summed E-state index contributed by atoms with van der Waals surface area (Å²) in [6.07, 6.45) is 1.78. The molecule has 0 heterocycles. The molecule has 0 saturated heterocycles. The maximum Gasteiger partial charge on any atom is 0.244 e. The van der Waals surface area contributed by atoms with Crippen LogP contribution in [0.15, 0.2) is 50.4 Å². The lowest BCUT2D eigenvalue weighted by Crippen LogP contribution is -2.19. The Morgan fingerprint density at radius 2 is 1.88 bits per heavy atom. The van der Waals surface area contributed by atoms with Crippen molar-refractivity contribution in [3.05, 3.63) is 56.5 Å². The average molecular weight is 456 g/mol. The predicted octanol–water partition coefficient (Wildman–Crippen LogP) is 3.92. The van der Waals surface area contributed by atoms with Crippen LogP contribution in [0, 0.1) is 0 Å². The molecule has 5 nitrogen and oxygen atoms in total. The second kappa shape index (κ2) is 8.84. The molecule has 0 saturated carbocycles. The van der Waals surface area contributed by atoms with E-state index in [0.29, 0.717) is 5.75 Å². The van der Waals surface area contributed by atoms with Crippen LogP contribution >= 0.6 is 31.9 Å². The zero-order valence-electron chi connectivity index (χ0n) is 13.2. The lowest BCUT2D eigenvalue weighted by molar-refractivity contribution is -0.120. The van der Waals surface area contributed by atoms with Gasteiger partial charge in [0.05, 0.1) is 31.3 Å². The summed E-state index contributed by atoms with van der Waals surface area (Å²) < 4.78 is 12.1. The molecule has 1 N–H and O–H groups in total. The number of methoxy groups -OCH3 is 2. The van der Waals surface area contributed by atoms with Crippen LogP contribution in [0.1, 0.15) is 11.1 Å². The molecule has 0 bridgehead atoms. The van der Waals surface area contributed by atoms with E-state index in [0.717, 1.165) is 25.8 Å². The summed E-state index contributed by atoms with van der Waals surface area (Å²) in [7, 11) is 3.18. The third kappa shape index (κ3) is 5.07. The van der Waals surface area contributed by atoms with Crippen molar-refractivity contribution in [2.75, 3.05) is 14.2 Å². The Balaban J connectivity index is 1.99. The summed E-state index contributed by atoms with van der Waals surface area (Å²) in [4.78, 5) is 11.9. The molecular formula is C17H16Br2N2O3. The molecule has 2 aromatic rings. The van der Waals surface area contributed by atoms with Crippen LogP contribution in [-0.2, 0) is 11.2 Å². The van der Waals surface area contributed by atoms with Crippen molar-refractivity contribution in [2.45, 2.75) is 6.42 Å². The fourth-order valence-electron chi connectivity index (χ4n) is 2.03. The standard InChI is InChI=1S/C17H16Br2N2O3/c1-23-14-5-3-11(4-6-14)7-16(22)21-20-10-12-8-13(18)9-15(19)17(12)24-2/h3-6,8-10H,7H2,1-2H3,(H,21,22)/b20-10-. The van der Waals surface area contributed by atoms with E-state index in [1.807, 2.05) is 36.4 Å². The van der Waals surface area contributed by atoms with Gasteiger partial charge in [0.1, 0.15) is 11.5 Å². The van der Waals surface area contributed by atoms with E-state index in [1.54, 1.807) is 20.4 Å². The first-order valence-corrected chi connectivity index (χ1v) is 8.60. The van der Waals surface area contributed by atoms with Gasteiger partial charge in [-0.15, -0.1) is 0 Å². The molecule has 0 aliphatic heterocycles. The Morgan fingerprint density at radius 1 is 1.17 bits per heavy atom. The van der Waals surface area contributed by atoms with Crippen molar-refractivity contribution in [3.8, 4) is 11.5 Å². The van der Waals surface area contributed by atoms with Gasteiger partial charge in [-0.3, -0.25) is 4.79 Å². The van der Waals surface area contributed by atoms with E-state index in [-0.39, 0.29) is 12.3 Å². The van der Waals surface area contributed by atoms with E-state index in [4.69, 9.17) is 9.47 Å². The van der Waals surface area contributed by atoms with Crippen LogP contribution in [0.25, 0.3) is 0 Å². The predicted molar refractivity (Wildman–Crippen MR) is 101 cm³/mol. The minimum Gasteiger partial charge on any atom is -0.497 e. The summed E-state index contributed by atoms with van der Waals surface area (Å²) in [5, 5.41) is 3.99. The van der Waals surface area contributed by atoms with E-state index in [1.165, 1.54) is 0 Å². The molecule has 1 amide bonds. The molecule has 126 valence electrons. The van der Waals surface area contributed by atoms with E-state index in [9.17, 15) is 4.79 Å². The van der Waals surface area contributed by atoms with Gasteiger partial charge in [-0.1, -0.05) is 28.1 Å². The second-order valence-corrected chi connectivity index (χ2v) is 6.60. The summed E-state index contributed by atoms with van der Waals surface area (Å²) in [5.41, 5.74) is 4.13. The average Bonchev–Trinajstić information content (AvgIpc) is 2.55. The molecule has 2 aromatic carbocycles. The monoisotopic (exact) mass is 454 g/mol. The molecule has 0 aromatic heterocycles. The van der Waals surface area contributed by atoms with E-state index in [2.05, 4.69) is 42.4 Å². The van der Waals surface area contributed by atoms with Gasteiger partial charge in [-0.05, 0) is 45.8 Å². The Morgan fingerprint density at radius 3 is 2.50 bits per heavy atom. The van der Waals surface area contributed by atoms with Gasteiger partial charge in [0.15, 0.2) is 0 Å². The summed E-state index contributed by atoms with van der Waals surface area (Å²) in [5.74, 6) is 1.19. The van der Waals surface area contributed by atoms with Gasteiger partial charge in [-0.25, -0.2) is 5.43 Å². The molecule has 0 aliphatic rings. The zero-order valence-corrected chi connectivity index (χ0v) is 16.3. The van der Waals surface area contributed by atoms with Crippen LogP contribution in [0.2, 0.25) is 0 Å². The molecule has 0 aliphatic carbocycles. The van der Waals surface area contributed by atoms with Gasteiger partial charge in [0, 0.05) is 10.0 Å². The number of hydrazone groups is 1. The van der Waals surface area contributed by atoms with Gasteiger partial charge in [-0.2, -0.15) is 5.10 Å². The first-order valence-electron chi connectivity index (χ1n) is 7.01. The number of hydrogen-bond acceptors (Lipinski definition) is 4. The van der Waals surface area contributed by atoms with Crippen LogP contribution in [0.3, 0.4) is 0 Å². The van der Waals surface area contributed by atoms with Crippen molar-refractivity contribution in [1.29, 1.82) is 0 Å². The van der Waals surface area contributed by atoms with E-state index < -0.39 is 0 Å². The van der Waals surface area contributed by atoms with Gasteiger partial charge in [0.2, 0.25) is 5.91 Å². The van der Waals surface area contributed by atoms with Gasteiger partial charge < -0.3 is 9.47 Å². The van der Waals surface area contributed by atoms with Crippen LogP contribution < -0.4 is 14.9 Å². The second-order valence-electron chi connectivity index (χ2n) is 4.83. The third-order valence-electron chi connectivity index (χ3n) is 3.16. The number of nitrogens with zero attached hydrogens (tertiary/aromatic N) is 1. The third-order valence-corrected chi connectivity index (χ3v) is 4.20. The number of carbonyl (C=O) groups is 1. The summed E-state index contributed by atoms with van der Waals surface area (Å²) in [6.45, 7) is 0. The highest BCUT2D eigenvalue weighted by molar-refractivity contribution is 9.11. The van der Waals surface area contributed by atoms with Crippen molar-refractivity contribution in [1.82, 2.24) is 5.43 Å². The molecule has 0 atom stereocenters. The smallest absolute Gasteiger partial charge is 0.244 e. The number of rotatable bonds is 6. The topological polar surface area (TPSA) is 59.9 Å². The number of halogens is 2. The molecule has 0 radical (unpaired) electrons. The normalized spacial score (nSPS) is 10.7. The fraction of sp³-hybridized carbons (Fsp3) is 0.176. The highest BCUT2D eigenvalue weighted by atomic mass is 79.9. The highest BCUT2D eigenvalue weighted by Crippen LogP contribution is 2.31. The largest absolute Gasteiger partial charge is 0.497 e. The first-order chi connectivity index (χ1) is 11.5. The van der Waals surface area contributed by atoms with Crippen molar-refractivity contribution in [3.63, 3.8) is 0 Å². The Bertz CT molecular complexity index is 746. The van der Waals surface area contributed by atoms with Crippen molar-refractivity contribution < 1.29 is 14.3 Å². The van der Waals surface area contributed by atoms with Gasteiger partial charge in [0.25, 0.3) is 0 Å². The molecule has 7 heteroatoms. The number of carbonyl (C=O) groups excluding carboxylic acids is 1. The Labute approximate surface area is 157 Å². The number of hydrogen-bond donors (Lipinski definition) is 1. The highest BCUT2D eigenvalue weighted by Gasteiger charge is 2.08. The maximum atomic E-state index is 11.9. The molecule has 0 fully saturated rings. The first kappa shape index (κ1) is 18.5. The van der Waals surface area contributed by atoms with Crippen LogP contribution in [-0.4, -0.2) is 26.3 Å². The quantitative estimate of drug-likeness (QED) is 0.530. The Kier molecular flexibility index (Phi) is 6.81. The van der Waals surface area contributed by atoms with Gasteiger partial charge >= 0.3 is 0 Å². The number of benzene rings is 2. The molecule has 24 heavy (non-hydrogen) atoms. The minimum atomic E-state index is -0.204. The molecule has 0 spiro atoms.